The van der Waals surface area contributed by atoms with E-state index in [-0.39, 0.29) is 5.56 Å². The highest BCUT2D eigenvalue weighted by Gasteiger charge is 2.12. The molecule has 0 aliphatic heterocycles. The molecule has 1 heterocycles. The molecule has 0 spiro atoms. The van der Waals surface area contributed by atoms with Gasteiger partial charge in [0.15, 0.2) is 11.6 Å². The van der Waals surface area contributed by atoms with Crippen LogP contribution in [-0.4, -0.2) is 15.3 Å². The summed E-state index contributed by atoms with van der Waals surface area (Å²) in [5.41, 5.74) is 0.418. The lowest BCUT2D eigenvalue weighted by Gasteiger charge is -2.02. The number of hydrogen-bond donors (Lipinski definition) is 2. The van der Waals surface area contributed by atoms with Crippen LogP contribution in [0, 0.1) is 11.6 Å². The maximum Gasteiger partial charge on any atom is 0.168 e. The van der Waals surface area contributed by atoms with E-state index in [1.807, 2.05) is 0 Å². The molecule has 5 heteroatoms. The number of nitrogens with one attached hydrogen (secondary N) is 1. The largest absolute Gasteiger partial charge is 0.504 e. The lowest BCUT2D eigenvalue weighted by Crippen LogP contribution is -1.86. The van der Waals surface area contributed by atoms with Crippen LogP contribution in [0.1, 0.15) is 0 Å². The van der Waals surface area contributed by atoms with Gasteiger partial charge in [-0.1, -0.05) is 0 Å². The van der Waals surface area contributed by atoms with E-state index >= 15 is 0 Å². The predicted octanol–water partition coefficient (Wildman–Crippen LogP) is 2.06. The molecule has 0 aliphatic rings. The van der Waals surface area contributed by atoms with E-state index in [0.717, 1.165) is 6.07 Å². The van der Waals surface area contributed by atoms with Crippen molar-refractivity contribution in [2.24, 2.45) is 0 Å². The summed E-state index contributed by atoms with van der Waals surface area (Å²) < 4.78 is 25.7. The fraction of sp³-hybridized carbons (Fsp3) is 0. The molecule has 2 N–H and O–H groups in total. The van der Waals surface area contributed by atoms with Gasteiger partial charge >= 0.3 is 0 Å². The number of aromatic amines is 1. The first kappa shape index (κ1) is 8.68. The average molecular weight is 196 g/mol. The molecule has 0 saturated heterocycles. The monoisotopic (exact) mass is 196 g/mol. The molecule has 0 unspecified atom stereocenters. The number of hydrogen-bond acceptors (Lipinski definition) is 2. The van der Waals surface area contributed by atoms with Crippen molar-refractivity contribution in [3.8, 4) is 17.0 Å². The zero-order valence-electron chi connectivity index (χ0n) is 6.96. The molecule has 1 aromatic heterocycles. The van der Waals surface area contributed by atoms with E-state index in [1.54, 1.807) is 0 Å². The van der Waals surface area contributed by atoms with Crippen LogP contribution in [0.25, 0.3) is 11.3 Å². The molecule has 0 bridgehead atoms. The van der Waals surface area contributed by atoms with E-state index in [0.29, 0.717) is 11.8 Å². The highest BCUT2D eigenvalue weighted by molar-refractivity contribution is 5.66. The molecule has 0 radical (unpaired) electrons. The molecule has 0 fully saturated rings. The molecular weight excluding hydrogens is 190 g/mol. The summed E-state index contributed by atoms with van der Waals surface area (Å²) in [6, 6.07) is 3.16. The minimum atomic E-state index is -0.991. The van der Waals surface area contributed by atoms with Crippen LogP contribution < -0.4 is 0 Å². The van der Waals surface area contributed by atoms with Crippen LogP contribution in [0.3, 0.4) is 0 Å². The standard InChI is InChI=1S/C9H6F2N2O/c10-5-3-6(8-1-2-12-13-8)9(14)7(11)4-5/h1-4,14H,(H,12,13). The lowest BCUT2D eigenvalue weighted by atomic mass is 10.1. The first-order valence-electron chi connectivity index (χ1n) is 3.86. The average Bonchev–Trinajstić information content (AvgIpc) is 2.63. The molecule has 2 aromatic rings. The maximum atomic E-state index is 12.9. The van der Waals surface area contributed by atoms with Crippen molar-refractivity contribution in [2.45, 2.75) is 0 Å². The third-order valence-corrected chi connectivity index (χ3v) is 1.82. The van der Waals surface area contributed by atoms with Crippen LogP contribution >= 0.6 is 0 Å². The van der Waals surface area contributed by atoms with Gasteiger partial charge in [-0.25, -0.2) is 8.78 Å². The van der Waals surface area contributed by atoms with Crippen LogP contribution in [0.2, 0.25) is 0 Å². The Kier molecular flexibility index (Phi) is 1.92. The van der Waals surface area contributed by atoms with Gasteiger partial charge in [0.25, 0.3) is 0 Å². The van der Waals surface area contributed by atoms with Crippen molar-refractivity contribution in [3.05, 3.63) is 36.0 Å². The maximum absolute atomic E-state index is 12.9. The Morgan fingerprint density at radius 1 is 1.29 bits per heavy atom. The third-order valence-electron chi connectivity index (χ3n) is 1.82. The van der Waals surface area contributed by atoms with Crippen LogP contribution in [0.15, 0.2) is 24.4 Å². The molecule has 72 valence electrons. The van der Waals surface area contributed by atoms with E-state index < -0.39 is 17.4 Å². The second kappa shape index (κ2) is 3.10. The number of H-pyrrole nitrogens is 1. The van der Waals surface area contributed by atoms with Gasteiger partial charge in [-0.2, -0.15) is 5.10 Å². The van der Waals surface area contributed by atoms with Gasteiger partial charge in [0.1, 0.15) is 5.82 Å². The lowest BCUT2D eigenvalue weighted by molar-refractivity contribution is 0.430. The van der Waals surface area contributed by atoms with Gasteiger partial charge in [-0.15, -0.1) is 0 Å². The number of rotatable bonds is 1. The van der Waals surface area contributed by atoms with Gasteiger partial charge in [0.2, 0.25) is 0 Å². The Hall–Kier alpha value is -1.91. The minimum absolute atomic E-state index is 0.0556. The summed E-state index contributed by atoms with van der Waals surface area (Å²) in [6.45, 7) is 0. The number of nitrogens with zero attached hydrogens (tertiary/aromatic N) is 1. The predicted molar refractivity (Wildman–Crippen MR) is 45.6 cm³/mol. The summed E-state index contributed by atoms with van der Waals surface area (Å²) in [5, 5.41) is 15.4. The Balaban J connectivity index is 2.64. The van der Waals surface area contributed by atoms with Gasteiger partial charge in [0.05, 0.1) is 5.69 Å². The van der Waals surface area contributed by atoms with Gasteiger partial charge in [-0.3, -0.25) is 5.10 Å². The Morgan fingerprint density at radius 2 is 2.07 bits per heavy atom. The second-order valence-corrected chi connectivity index (χ2v) is 2.75. The van der Waals surface area contributed by atoms with Crippen molar-refractivity contribution < 1.29 is 13.9 Å². The van der Waals surface area contributed by atoms with Crippen molar-refractivity contribution in [3.63, 3.8) is 0 Å². The van der Waals surface area contributed by atoms with E-state index in [2.05, 4.69) is 10.2 Å². The summed E-state index contributed by atoms with van der Waals surface area (Å²) in [4.78, 5) is 0. The summed E-state index contributed by atoms with van der Waals surface area (Å²) >= 11 is 0. The van der Waals surface area contributed by atoms with Gasteiger partial charge in [-0.05, 0) is 12.1 Å². The SMILES string of the molecule is Oc1c(F)cc(F)cc1-c1ccn[nH]1. The second-order valence-electron chi connectivity index (χ2n) is 2.75. The van der Waals surface area contributed by atoms with Crippen LogP contribution in [-0.2, 0) is 0 Å². The number of benzene rings is 1. The first-order valence-corrected chi connectivity index (χ1v) is 3.86. The number of phenols is 1. The molecule has 2 rings (SSSR count). The van der Waals surface area contributed by atoms with E-state index in [4.69, 9.17) is 0 Å². The van der Waals surface area contributed by atoms with Crippen molar-refractivity contribution in [1.82, 2.24) is 10.2 Å². The molecule has 14 heavy (non-hydrogen) atoms. The van der Waals surface area contributed by atoms with Crippen molar-refractivity contribution in [2.75, 3.05) is 0 Å². The Bertz CT molecular complexity index is 454. The van der Waals surface area contributed by atoms with Crippen LogP contribution in [0.4, 0.5) is 8.78 Å². The quantitative estimate of drug-likeness (QED) is 0.733. The molecule has 1 aromatic carbocycles. The minimum Gasteiger partial charge on any atom is -0.504 e. The smallest absolute Gasteiger partial charge is 0.168 e. The fourth-order valence-corrected chi connectivity index (χ4v) is 1.18. The van der Waals surface area contributed by atoms with Gasteiger partial charge in [0, 0.05) is 17.8 Å². The number of phenolic OH excluding ortho intramolecular Hbond substituents is 1. The molecule has 0 atom stereocenters. The number of halogens is 2. The molecule has 0 aliphatic carbocycles. The zero-order chi connectivity index (χ0) is 10.1. The third kappa shape index (κ3) is 1.32. The Morgan fingerprint density at radius 3 is 2.71 bits per heavy atom. The highest BCUT2D eigenvalue weighted by Crippen LogP contribution is 2.30. The van der Waals surface area contributed by atoms with Gasteiger partial charge < -0.3 is 5.11 Å². The molecule has 3 nitrogen and oxygen atoms in total. The van der Waals surface area contributed by atoms with Crippen molar-refractivity contribution in [1.29, 1.82) is 0 Å². The van der Waals surface area contributed by atoms with Crippen molar-refractivity contribution >= 4 is 0 Å². The summed E-state index contributed by atoms with van der Waals surface area (Å²) in [6.07, 6.45) is 1.43. The first-order chi connectivity index (χ1) is 6.68. The van der Waals surface area contributed by atoms with E-state index in [9.17, 15) is 13.9 Å². The summed E-state index contributed by atoms with van der Waals surface area (Å²) in [5.74, 6) is -2.32. The zero-order valence-corrected chi connectivity index (χ0v) is 6.96. The normalized spacial score (nSPS) is 10.4. The number of aromatic nitrogens is 2. The van der Waals surface area contributed by atoms with E-state index in [1.165, 1.54) is 12.3 Å². The van der Waals surface area contributed by atoms with Crippen LogP contribution in [0.5, 0.6) is 5.75 Å². The topological polar surface area (TPSA) is 48.9 Å². The molecule has 0 amide bonds. The summed E-state index contributed by atoms with van der Waals surface area (Å²) in [7, 11) is 0. The Labute approximate surface area is 78.0 Å². The number of aromatic hydroxyl groups is 1. The molecular formula is C9H6F2N2O. The highest BCUT2D eigenvalue weighted by atomic mass is 19.1. The molecule has 0 saturated carbocycles. The fourth-order valence-electron chi connectivity index (χ4n) is 1.18.